The van der Waals surface area contributed by atoms with Crippen molar-refractivity contribution >= 4 is 60.7 Å². The topological polar surface area (TPSA) is 110 Å². The van der Waals surface area contributed by atoms with Crippen molar-refractivity contribution in [1.82, 2.24) is 8.61 Å². The molecule has 208 valence electrons. The molecule has 38 heavy (non-hydrogen) atoms. The minimum atomic E-state index is -3.64. The summed E-state index contributed by atoms with van der Waals surface area (Å²) in [4.78, 5) is 13.7. The molecule has 0 aromatic carbocycles. The molecule has 0 aliphatic carbocycles. The van der Waals surface area contributed by atoms with E-state index >= 15 is 0 Å². The summed E-state index contributed by atoms with van der Waals surface area (Å²) in [6.07, 6.45) is 5.16. The molecule has 2 aliphatic heterocycles. The lowest BCUT2D eigenvalue weighted by Crippen LogP contribution is -2.47. The average molecular weight is 601 g/mol. The summed E-state index contributed by atoms with van der Waals surface area (Å²) in [5, 5.41) is 0. The third kappa shape index (κ3) is 6.89. The number of hydrogen-bond donors (Lipinski definition) is 0. The third-order valence-electron chi connectivity index (χ3n) is 5.99. The van der Waals surface area contributed by atoms with E-state index in [1.54, 1.807) is 36.4 Å². The first-order valence-electron chi connectivity index (χ1n) is 12.3. The number of carbonyl (C=O) groups is 1. The maximum absolute atomic E-state index is 13.0. The Bertz CT molecular complexity index is 1300. The molecular weight excluding hydrogens is 569 g/mol. The van der Waals surface area contributed by atoms with E-state index in [9.17, 15) is 21.6 Å². The van der Waals surface area contributed by atoms with Gasteiger partial charge in [0.2, 0.25) is 0 Å². The molecule has 2 fully saturated rings. The molecule has 0 amide bonds. The van der Waals surface area contributed by atoms with Crippen molar-refractivity contribution in [3.63, 3.8) is 0 Å². The van der Waals surface area contributed by atoms with E-state index in [1.165, 1.54) is 20.8 Å². The molecular formula is C25H32N2O7S4. The van der Waals surface area contributed by atoms with E-state index in [-0.39, 0.29) is 38.6 Å². The zero-order valence-electron chi connectivity index (χ0n) is 21.6. The maximum atomic E-state index is 13.0. The maximum Gasteiger partial charge on any atom is 0.252 e. The molecule has 2 aromatic heterocycles. The summed E-state index contributed by atoms with van der Waals surface area (Å²) >= 11 is 2.20. The average Bonchev–Trinajstić information content (AvgIpc) is 3.51. The fourth-order valence-corrected chi connectivity index (χ4v) is 10.4. The standard InChI is InChI=1S/C25H32N2O7S4/c1-17-13-26(14-18(2)33-17)37(29,30)24-11-9-22(35-24)7-5-21(28)6-8-23-10-12-25(36-23)38(31,32)27-15-19(3)34-20(4)16-27/h5-12,17-20H,13-16H2,1-4H3/b7-5+,8-6+/t17-,18-,19+,20+. The second kappa shape index (κ2) is 11.8. The van der Waals surface area contributed by atoms with E-state index in [0.717, 1.165) is 22.7 Å². The van der Waals surface area contributed by atoms with Crippen LogP contribution in [0.15, 0.2) is 44.8 Å². The van der Waals surface area contributed by atoms with Crippen molar-refractivity contribution in [3.8, 4) is 0 Å². The number of ketones is 1. The minimum Gasteiger partial charge on any atom is -0.373 e. The van der Waals surface area contributed by atoms with Crippen molar-refractivity contribution in [2.24, 2.45) is 0 Å². The van der Waals surface area contributed by atoms with E-state index in [1.807, 2.05) is 27.7 Å². The van der Waals surface area contributed by atoms with Gasteiger partial charge in [0.05, 0.1) is 24.4 Å². The summed E-state index contributed by atoms with van der Waals surface area (Å²) in [7, 11) is -7.27. The van der Waals surface area contributed by atoms with Crippen LogP contribution in [0, 0.1) is 0 Å². The number of carbonyl (C=O) groups excluding carboxylic acids is 1. The van der Waals surface area contributed by atoms with Gasteiger partial charge in [-0.1, -0.05) is 0 Å². The number of ether oxygens (including phenoxy) is 2. The van der Waals surface area contributed by atoms with Gasteiger partial charge in [-0.3, -0.25) is 4.79 Å². The number of morpholine rings is 2. The molecule has 0 N–H and O–H groups in total. The molecule has 0 bridgehead atoms. The van der Waals surface area contributed by atoms with Crippen LogP contribution in [0.2, 0.25) is 0 Å². The summed E-state index contributed by atoms with van der Waals surface area (Å²) in [5.74, 6) is -0.299. The number of thiophene rings is 2. The van der Waals surface area contributed by atoms with Crippen molar-refractivity contribution in [1.29, 1.82) is 0 Å². The first kappa shape index (κ1) is 29.3. The summed E-state index contributed by atoms with van der Waals surface area (Å²) in [6.45, 7) is 8.60. The van der Waals surface area contributed by atoms with Gasteiger partial charge < -0.3 is 9.47 Å². The van der Waals surface area contributed by atoms with Crippen molar-refractivity contribution in [3.05, 3.63) is 46.2 Å². The quantitative estimate of drug-likeness (QED) is 0.425. The van der Waals surface area contributed by atoms with Crippen LogP contribution in [-0.2, 0) is 34.3 Å². The molecule has 4 rings (SSSR count). The van der Waals surface area contributed by atoms with Crippen LogP contribution in [0.5, 0.6) is 0 Å². The van der Waals surface area contributed by atoms with Gasteiger partial charge in [-0.15, -0.1) is 22.7 Å². The number of hydrogen-bond acceptors (Lipinski definition) is 9. The normalized spacial score (nSPS) is 26.4. The predicted octanol–water partition coefficient (Wildman–Crippen LogP) is 3.70. The van der Waals surface area contributed by atoms with Crippen LogP contribution in [0.25, 0.3) is 12.2 Å². The van der Waals surface area contributed by atoms with E-state index in [4.69, 9.17) is 9.47 Å². The highest BCUT2D eigenvalue weighted by molar-refractivity contribution is 7.91. The first-order valence-corrected chi connectivity index (χ1v) is 16.8. The second-order valence-corrected chi connectivity index (χ2v) is 16.1. The van der Waals surface area contributed by atoms with Gasteiger partial charge in [-0.05, 0) is 76.3 Å². The molecule has 2 aromatic rings. The van der Waals surface area contributed by atoms with Crippen LogP contribution >= 0.6 is 22.7 Å². The molecule has 0 spiro atoms. The highest BCUT2D eigenvalue weighted by atomic mass is 32.3. The number of sulfonamides is 2. The highest BCUT2D eigenvalue weighted by Gasteiger charge is 2.34. The molecule has 0 radical (unpaired) electrons. The van der Waals surface area contributed by atoms with Crippen LogP contribution in [0.3, 0.4) is 0 Å². The van der Waals surface area contributed by atoms with Crippen molar-refractivity contribution in [2.45, 2.75) is 60.5 Å². The lowest BCUT2D eigenvalue weighted by Gasteiger charge is -2.34. The monoisotopic (exact) mass is 600 g/mol. The zero-order chi connectivity index (χ0) is 27.7. The Balaban J connectivity index is 1.38. The molecule has 4 atom stereocenters. The van der Waals surface area contributed by atoms with E-state index in [0.29, 0.717) is 35.9 Å². The minimum absolute atomic E-state index is 0.177. The fourth-order valence-electron chi connectivity index (χ4n) is 4.42. The number of rotatable bonds is 8. The first-order chi connectivity index (χ1) is 17.8. The van der Waals surface area contributed by atoms with Gasteiger partial charge in [0.1, 0.15) is 8.42 Å². The van der Waals surface area contributed by atoms with Crippen molar-refractivity contribution in [2.75, 3.05) is 26.2 Å². The van der Waals surface area contributed by atoms with Crippen LogP contribution < -0.4 is 0 Å². The fraction of sp³-hybridized carbons (Fsp3) is 0.480. The molecule has 2 saturated heterocycles. The lowest BCUT2D eigenvalue weighted by atomic mass is 10.3. The summed E-state index contributed by atoms with van der Waals surface area (Å²) in [5.41, 5.74) is 0. The van der Waals surface area contributed by atoms with Gasteiger partial charge in [0.15, 0.2) is 5.78 Å². The van der Waals surface area contributed by atoms with E-state index < -0.39 is 20.0 Å². The van der Waals surface area contributed by atoms with Crippen LogP contribution in [0.1, 0.15) is 37.4 Å². The Morgan fingerprint density at radius 1 is 0.711 bits per heavy atom. The molecule has 13 heteroatoms. The van der Waals surface area contributed by atoms with Gasteiger partial charge in [-0.2, -0.15) is 8.61 Å². The van der Waals surface area contributed by atoms with Crippen LogP contribution in [-0.4, -0.2) is 81.8 Å². The molecule has 2 aliphatic rings. The smallest absolute Gasteiger partial charge is 0.252 e. The second-order valence-electron chi connectivity index (χ2n) is 9.54. The number of nitrogens with zero attached hydrogens (tertiary/aromatic N) is 2. The Hall–Kier alpha value is -1.71. The number of allylic oxidation sites excluding steroid dienone is 2. The molecule has 0 unspecified atom stereocenters. The van der Waals surface area contributed by atoms with Gasteiger partial charge in [-0.25, -0.2) is 16.8 Å². The highest BCUT2D eigenvalue weighted by Crippen LogP contribution is 2.29. The lowest BCUT2D eigenvalue weighted by molar-refractivity contribution is -0.110. The molecule has 0 saturated carbocycles. The summed E-state index contributed by atoms with van der Waals surface area (Å²) < 4.78 is 66.7. The van der Waals surface area contributed by atoms with Crippen molar-refractivity contribution < 1.29 is 31.1 Å². The Morgan fingerprint density at radius 3 is 1.39 bits per heavy atom. The summed E-state index contributed by atoms with van der Waals surface area (Å²) in [6, 6.07) is 6.44. The predicted molar refractivity (Wildman–Crippen MR) is 149 cm³/mol. The molecule has 4 heterocycles. The van der Waals surface area contributed by atoms with Gasteiger partial charge in [0.25, 0.3) is 20.0 Å². The van der Waals surface area contributed by atoms with Gasteiger partial charge >= 0.3 is 0 Å². The van der Waals surface area contributed by atoms with Gasteiger partial charge in [0, 0.05) is 35.9 Å². The SMILES string of the molecule is C[C@@H]1CN(S(=O)(=O)c2ccc(/C=C/C(=O)/C=C/c3ccc(S(=O)(=O)N4C[C@H](C)O[C@@H](C)C4)s3)s2)C[C@@H](C)O1. The Labute approximate surface area is 232 Å². The molecule has 9 nitrogen and oxygen atoms in total. The largest absolute Gasteiger partial charge is 0.373 e. The Kier molecular flexibility index (Phi) is 9.09. The van der Waals surface area contributed by atoms with Crippen LogP contribution in [0.4, 0.5) is 0 Å². The third-order valence-corrected chi connectivity index (χ3v) is 12.7. The Morgan fingerprint density at radius 2 is 1.05 bits per heavy atom. The van der Waals surface area contributed by atoms with E-state index in [2.05, 4.69) is 0 Å². The zero-order valence-corrected chi connectivity index (χ0v) is 24.9.